The molecule has 0 heterocycles. The van der Waals surface area contributed by atoms with E-state index in [1.807, 2.05) is 0 Å². The zero-order valence-corrected chi connectivity index (χ0v) is 10.4. The van der Waals surface area contributed by atoms with Crippen molar-refractivity contribution >= 4 is 0 Å². The van der Waals surface area contributed by atoms with E-state index in [1.54, 1.807) is 0 Å². The monoisotopic (exact) mass is 251 g/mol. The highest BCUT2D eigenvalue weighted by Crippen LogP contribution is 2.50. The SMILES string of the molecule is NC(CC1CC2CCC1C2)c1c(F)cccc1F. The second-order valence-electron chi connectivity index (χ2n) is 5.91. The van der Waals surface area contributed by atoms with Crippen LogP contribution in [-0.4, -0.2) is 0 Å². The standard InChI is InChI=1S/C15H19F2N/c16-12-2-1-3-13(17)15(12)14(18)8-11-7-9-4-5-10(11)6-9/h1-3,9-11,14H,4-8,18H2. The van der Waals surface area contributed by atoms with Gasteiger partial charge in [0.05, 0.1) is 0 Å². The van der Waals surface area contributed by atoms with E-state index in [2.05, 4.69) is 0 Å². The molecule has 2 saturated carbocycles. The fraction of sp³-hybridized carbons (Fsp3) is 0.600. The average molecular weight is 251 g/mol. The van der Waals surface area contributed by atoms with Gasteiger partial charge in [-0.15, -0.1) is 0 Å². The van der Waals surface area contributed by atoms with Crippen LogP contribution < -0.4 is 5.73 Å². The van der Waals surface area contributed by atoms with Gasteiger partial charge in [0.15, 0.2) is 0 Å². The molecule has 2 aliphatic rings. The fourth-order valence-electron chi connectivity index (χ4n) is 3.97. The maximum Gasteiger partial charge on any atom is 0.130 e. The number of benzene rings is 1. The van der Waals surface area contributed by atoms with Crippen LogP contribution in [0.5, 0.6) is 0 Å². The lowest BCUT2D eigenvalue weighted by Gasteiger charge is -2.25. The van der Waals surface area contributed by atoms with Gasteiger partial charge in [0.2, 0.25) is 0 Å². The first kappa shape index (κ1) is 12.1. The van der Waals surface area contributed by atoms with E-state index in [1.165, 1.54) is 43.9 Å². The molecular weight excluding hydrogens is 232 g/mol. The van der Waals surface area contributed by atoms with Crippen LogP contribution in [0.1, 0.15) is 43.7 Å². The quantitative estimate of drug-likeness (QED) is 0.869. The highest BCUT2D eigenvalue weighted by molar-refractivity contribution is 5.23. The van der Waals surface area contributed by atoms with Crippen LogP contribution in [0.2, 0.25) is 0 Å². The molecule has 1 nitrogen and oxygen atoms in total. The van der Waals surface area contributed by atoms with Gasteiger partial charge < -0.3 is 5.73 Å². The van der Waals surface area contributed by atoms with Gasteiger partial charge in [-0.1, -0.05) is 12.5 Å². The first-order valence-electron chi connectivity index (χ1n) is 6.84. The molecule has 1 aromatic rings. The van der Waals surface area contributed by atoms with E-state index >= 15 is 0 Å². The first-order valence-corrected chi connectivity index (χ1v) is 6.84. The van der Waals surface area contributed by atoms with Crippen molar-refractivity contribution < 1.29 is 8.78 Å². The summed E-state index contributed by atoms with van der Waals surface area (Å²) in [4.78, 5) is 0. The van der Waals surface area contributed by atoms with Gasteiger partial charge in [-0.2, -0.15) is 0 Å². The third kappa shape index (κ3) is 2.05. The molecule has 3 heteroatoms. The van der Waals surface area contributed by atoms with Crippen molar-refractivity contribution in [2.45, 2.75) is 38.1 Å². The van der Waals surface area contributed by atoms with Crippen molar-refractivity contribution in [2.24, 2.45) is 23.5 Å². The molecule has 0 saturated heterocycles. The Morgan fingerprint density at radius 1 is 1.17 bits per heavy atom. The number of fused-ring (bicyclic) bond motifs is 2. The number of rotatable bonds is 3. The minimum atomic E-state index is -0.509. The summed E-state index contributed by atoms with van der Waals surface area (Å²) in [5.74, 6) is 1.14. The summed E-state index contributed by atoms with van der Waals surface area (Å²) in [6, 6.07) is 3.46. The van der Waals surface area contributed by atoms with Gasteiger partial charge in [0.1, 0.15) is 11.6 Å². The third-order valence-corrected chi connectivity index (χ3v) is 4.81. The van der Waals surface area contributed by atoms with Crippen LogP contribution in [0.25, 0.3) is 0 Å². The van der Waals surface area contributed by atoms with Crippen LogP contribution in [0.3, 0.4) is 0 Å². The first-order chi connectivity index (χ1) is 8.65. The number of halogens is 2. The molecule has 0 amide bonds. The Bertz CT molecular complexity index is 426. The summed E-state index contributed by atoms with van der Waals surface area (Å²) in [5.41, 5.74) is 6.10. The Balaban J connectivity index is 1.73. The molecule has 0 radical (unpaired) electrons. The summed E-state index contributed by atoms with van der Waals surface area (Å²) in [6.07, 6.45) is 5.84. The smallest absolute Gasteiger partial charge is 0.130 e. The van der Waals surface area contributed by atoms with Crippen LogP contribution in [0, 0.1) is 29.4 Å². The highest BCUT2D eigenvalue weighted by Gasteiger charge is 2.40. The molecule has 1 aromatic carbocycles. The molecular formula is C15H19F2N. The topological polar surface area (TPSA) is 26.0 Å². The van der Waals surface area contributed by atoms with Crippen molar-refractivity contribution in [3.8, 4) is 0 Å². The summed E-state index contributed by atoms with van der Waals surface area (Å²) in [7, 11) is 0. The summed E-state index contributed by atoms with van der Waals surface area (Å²) >= 11 is 0. The minimum Gasteiger partial charge on any atom is -0.324 e. The van der Waals surface area contributed by atoms with E-state index < -0.39 is 17.7 Å². The molecule has 0 aromatic heterocycles. The molecule has 2 bridgehead atoms. The van der Waals surface area contributed by atoms with Gasteiger partial charge in [-0.05, 0) is 55.6 Å². The Labute approximate surface area is 106 Å². The third-order valence-electron chi connectivity index (χ3n) is 4.81. The average Bonchev–Trinajstić information content (AvgIpc) is 2.90. The van der Waals surface area contributed by atoms with E-state index in [0.29, 0.717) is 5.92 Å². The van der Waals surface area contributed by atoms with Crippen LogP contribution in [0.4, 0.5) is 8.78 Å². The predicted molar refractivity (Wildman–Crippen MR) is 66.8 cm³/mol. The molecule has 18 heavy (non-hydrogen) atoms. The molecule has 2 N–H and O–H groups in total. The summed E-state index contributed by atoms with van der Waals surface area (Å²) in [5, 5.41) is 0. The Morgan fingerprint density at radius 2 is 1.89 bits per heavy atom. The lowest BCUT2D eigenvalue weighted by molar-refractivity contribution is 0.292. The lowest BCUT2D eigenvalue weighted by Crippen LogP contribution is -2.21. The van der Waals surface area contributed by atoms with E-state index in [9.17, 15) is 8.78 Å². The Kier molecular flexibility index (Phi) is 3.10. The van der Waals surface area contributed by atoms with Gasteiger partial charge in [0.25, 0.3) is 0 Å². The van der Waals surface area contributed by atoms with E-state index in [4.69, 9.17) is 5.73 Å². The van der Waals surface area contributed by atoms with Crippen LogP contribution in [-0.2, 0) is 0 Å². The molecule has 2 fully saturated rings. The molecule has 4 atom stereocenters. The number of hydrogen-bond donors (Lipinski definition) is 1. The largest absolute Gasteiger partial charge is 0.324 e. The number of nitrogens with two attached hydrogens (primary N) is 1. The summed E-state index contributed by atoms with van der Waals surface area (Å²) in [6.45, 7) is 0. The van der Waals surface area contributed by atoms with Crippen molar-refractivity contribution in [1.29, 1.82) is 0 Å². The fourth-order valence-corrected chi connectivity index (χ4v) is 3.97. The molecule has 0 spiro atoms. The van der Waals surface area contributed by atoms with Gasteiger partial charge in [0, 0.05) is 11.6 Å². The Hall–Kier alpha value is -0.960. The number of hydrogen-bond acceptors (Lipinski definition) is 1. The predicted octanol–water partition coefficient (Wildman–Crippen LogP) is 3.79. The highest BCUT2D eigenvalue weighted by atomic mass is 19.1. The second-order valence-corrected chi connectivity index (χ2v) is 5.91. The Morgan fingerprint density at radius 3 is 2.44 bits per heavy atom. The molecule has 0 aliphatic heterocycles. The van der Waals surface area contributed by atoms with Crippen molar-refractivity contribution in [1.82, 2.24) is 0 Å². The zero-order chi connectivity index (χ0) is 12.7. The molecule has 98 valence electrons. The van der Waals surface area contributed by atoms with Crippen LogP contribution >= 0.6 is 0 Å². The van der Waals surface area contributed by atoms with Crippen molar-refractivity contribution in [2.75, 3.05) is 0 Å². The van der Waals surface area contributed by atoms with E-state index in [-0.39, 0.29) is 5.56 Å². The van der Waals surface area contributed by atoms with Crippen molar-refractivity contribution in [3.05, 3.63) is 35.4 Å². The summed E-state index contributed by atoms with van der Waals surface area (Å²) < 4.78 is 27.3. The van der Waals surface area contributed by atoms with Crippen molar-refractivity contribution in [3.63, 3.8) is 0 Å². The lowest BCUT2D eigenvalue weighted by atomic mass is 9.83. The van der Waals surface area contributed by atoms with Gasteiger partial charge in [-0.25, -0.2) is 8.78 Å². The van der Waals surface area contributed by atoms with Crippen LogP contribution in [0.15, 0.2) is 18.2 Å². The maximum atomic E-state index is 13.6. The molecule has 4 unspecified atom stereocenters. The van der Waals surface area contributed by atoms with Gasteiger partial charge >= 0.3 is 0 Å². The second kappa shape index (κ2) is 4.61. The minimum absolute atomic E-state index is 0.0697. The van der Waals surface area contributed by atoms with E-state index in [0.717, 1.165) is 18.3 Å². The maximum absolute atomic E-state index is 13.6. The molecule has 2 aliphatic carbocycles. The van der Waals surface area contributed by atoms with Gasteiger partial charge in [-0.3, -0.25) is 0 Å². The normalized spacial score (nSPS) is 31.8. The molecule has 3 rings (SSSR count). The zero-order valence-electron chi connectivity index (χ0n) is 10.4.